The summed E-state index contributed by atoms with van der Waals surface area (Å²) < 4.78 is 1.07. The molecule has 0 heterocycles. The van der Waals surface area contributed by atoms with Gasteiger partial charge >= 0.3 is 0 Å². The number of benzene rings is 1. The highest BCUT2D eigenvalue weighted by molar-refractivity contribution is 9.10. The minimum absolute atomic E-state index is 0.385. The normalized spacial score (nSPS) is 13.9. The van der Waals surface area contributed by atoms with Crippen molar-refractivity contribution in [3.05, 3.63) is 38.8 Å². The Morgan fingerprint density at radius 3 is 2.88 bits per heavy atom. The van der Waals surface area contributed by atoms with Crippen molar-refractivity contribution in [3.8, 4) is 0 Å². The van der Waals surface area contributed by atoms with E-state index in [1.165, 1.54) is 5.57 Å². The third-order valence-electron chi connectivity index (χ3n) is 2.53. The molecule has 1 atom stereocenters. The van der Waals surface area contributed by atoms with Crippen LogP contribution in [0.4, 0.5) is 0 Å². The Morgan fingerprint density at radius 2 is 2.25 bits per heavy atom. The van der Waals surface area contributed by atoms with Gasteiger partial charge in [-0.05, 0) is 44.2 Å². The lowest BCUT2D eigenvalue weighted by atomic mass is 10.1. The van der Waals surface area contributed by atoms with E-state index in [0.717, 1.165) is 21.6 Å². The van der Waals surface area contributed by atoms with Gasteiger partial charge in [0, 0.05) is 15.5 Å². The van der Waals surface area contributed by atoms with E-state index in [9.17, 15) is 0 Å². The molecule has 3 heteroatoms. The molecule has 16 heavy (non-hydrogen) atoms. The first-order chi connectivity index (χ1) is 7.54. The molecule has 1 nitrogen and oxygen atoms in total. The number of halogens is 2. The minimum atomic E-state index is 0.385. The van der Waals surface area contributed by atoms with Crippen LogP contribution in [0.2, 0.25) is 5.02 Å². The van der Waals surface area contributed by atoms with Crippen LogP contribution < -0.4 is 5.32 Å². The van der Waals surface area contributed by atoms with Crippen LogP contribution in [0.15, 0.2) is 28.2 Å². The molecule has 1 N–H and O–H groups in total. The van der Waals surface area contributed by atoms with Gasteiger partial charge in [0.25, 0.3) is 0 Å². The van der Waals surface area contributed by atoms with Crippen LogP contribution in [0.1, 0.15) is 26.3 Å². The number of hydrogen-bond donors (Lipinski definition) is 1. The second-order valence-electron chi connectivity index (χ2n) is 3.83. The van der Waals surface area contributed by atoms with Gasteiger partial charge in [0.15, 0.2) is 0 Å². The monoisotopic (exact) mass is 301 g/mol. The van der Waals surface area contributed by atoms with Crippen LogP contribution >= 0.6 is 27.5 Å². The fourth-order valence-electron chi connectivity index (χ4n) is 1.46. The zero-order valence-corrected chi connectivity index (χ0v) is 12.2. The largest absolute Gasteiger partial charge is 0.311 e. The van der Waals surface area contributed by atoms with Gasteiger partial charge in [-0.3, -0.25) is 0 Å². The van der Waals surface area contributed by atoms with E-state index in [1.54, 1.807) is 0 Å². The van der Waals surface area contributed by atoms with Crippen LogP contribution in [0.25, 0.3) is 6.08 Å². The van der Waals surface area contributed by atoms with Crippen LogP contribution in [-0.2, 0) is 0 Å². The molecule has 0 amide bonds. The predicted molar refractivity (Wildman–Crippen MR) is 75.9 cm³/mol. The molecule has 1 aromatic rings. The Hall–Kier alpha value is -0.310. The predicted octanol–water partition coefficient (Wildman–Crippen LogP) is 4.50. The van der Waals surface area contributed by atoms with E-state index in [2.05, 4.69) is 48.1 Å². The summed E-state index contributed by atoms with van der Waals surface area (Å²) in [6.45, 7) is 7.37. The van der Waals surface area contributed by atoms with Gasteiger partial charge in [-0.15, -0.1) is 0 Å². The van der Waals surface area contributed by atoms with E-state index < -0.39 is 0 Å². The van der Waals surface area contributed by atoms with Gasteiger partial charge in [-0.1, -0.05) is 46.1 Å². The molecule has 88 valence electrons. The number of hydrogen-bond acceptors (Lipinski definition) is 1. The molecule has 0 aliphatic carbocycles. The van der Waals surface area contributed by atoms with Crippen LogP contribution in [-0.4, -0.2) is 12.6 Å². The summed E-state index contributed by atoms with van der Waals surface area (Å²) in [6.07, 6.45) is 2.16. The third-order valence-corrected chi connectivity index (χ3v) is 3.49. The molecular formula is C13H17BrClN. The lowest BCUT2D eigenvalue weighted by Gasteiger charge is -2.13. The summed E-state index contributed by atoms with van der Waals surface area (Å²) in [5, 5.41) is 4.15. The maximum absolute atomic E-state index is 5.98. The standard InChI is InChI=1S/C13H17BrClN/c1-4-16-10(3)9(2)7-11-8-12(15)5-6-13(11)14/h5-8,10,16H,4H2,1-3H3/b9-7+. The molecule has 0 aliphatic rings. The first-order valence-electron chi connectivity index (χ1n) is 5.41. The van der Waals surface area contributed by atoms with Crippen molar-refractivity contribution < 1.29 is 0 Å². The Morgan fingerprint density at radius 1 is 1.56 bits per heavy atom. The minimum Gasteiger partial charge on any atom is -0.311 e. The van der Waals surface area contributed by atoms with E-state index in [1.807, 2.05) is 18.2 Å². The summed E-state index contributed by atoms with van der Waals surface area (Å²) in [7, 11) is 0. The molecule has 0 saturated heterocycles. The van der Waals surface area contributed by atoms with Crippen molar-refractivity contribution in [2.24, 2.45) is 0 Å². The van der Waals surface area contributed by atoms with Crippen molar-refractivity contribution in [2.75, 3.05) is 6.54 Å². The zero-order chi connectivity index (χ0) is 12.1. The molecule has 0 radical (unpaired) electrons. The molecule has 0 aromatic heterocycles. The van der Waals surface area contributed by atoms with Crippen molar-refractivity contribution in [1.29, 1.82) is 0 Å². The first kappa shape index (κ1) is 13.8. The van der Waals surface area contributed by atoms with E-state index >= 15 is 0 Å². The van der Waals surface area contributed by atoms with Crippen LogP contribution in [0.5, 0.6) is 0 Å². The van der Waals surface area contributed by atoms with Crippen LogP contribution in [0.3, 0.4) is 0 Å². The smallest absolute Gasteiger partial charge is 0.0412 e. The molecule has 0 bridgehead atoms. The highest BCUT2D eigenvalue weighted by Crippen LogP contribution is 2.23. The van der Waals surface area contributed by atoms with E-state index in [-0.39, 0.29) is 0 Å². The molecule has 1 aromatic carbocycles. The van der Waals surface area contributed by atoms with Crippen molar-refractivity contribution in [2.45, 2.75) is 26.8 Å². The molecule has 0 spiro atoms. The topological polar surface area (TPSA) is 12.0 Å². The Labute approximate surface area is 111 Å². The Balaban J connectivity index is 2.92. The van der Waals surface area contributed by atoms with Crippen LogP contribution in [0, 0.1) is 0 Å². The van der Waals surface area contributed by atoms with Gasteiger partial charge in [0.05, 0.1) is 0 Å². The van der Waals surface area contributed by atoms with Gasteiger partial charge in [-0.25, -0.2) is 0 Å². The van der Waals surface area contributed by atoms with Crippen molar-refractivity contribution in [1.82, 2.24) is 5.32 Å². The SMILES string of the molecule is CCNC(C)/C(C)=C/c1cc(Cl)ccc1Br. The van der Waals surface area contributed by atoms with Gasteiger partial charge in [0.1, 0.15) is 0 Å². The summed E-state index contributed by atoms with van der Waals surface area (Å²) in [4.78, 5) is 0. The summed E-state index contributed by atoms with van der Waals surface area (Å²) >= 11 is 9.50. The zero-order valence-electron chi connectivity index (χ0n) is 9.85. The molecule has 1 unspecified atom stereocenters. The quantitative estimate of drug-likeness (QED) is 0.863. The second-order valence-corrected chi connectivity index (χ2v) is 5.12. The number of rotatable bonds is 4. The average molecular weight is 303 g/mol. The maximum Gasteiger partial charge on any atom is 0.0412 e. The fraction of sp³-hybridized carbons (Fsp3) is 0.385. The highest BCUT2D eigenvalue weighted by Gasteiger charge is 2.04. The Kier molecular flexibility index (Phi) is 5.53. The number of nitrogens with one attached hydrogen (secondary N) is 1. The first-order valence-corrected chi connectivity index (χ1v) is 6.58. The highest BCUT2D eigenvalue weighted by atomic mass is 79.9. The second kappa shape index (κ2) is 6.43. The summed E-state index contributed by atoms with van der Waals surface area (Å²) in [5.74, 6) is 0. The fourth-order valence-corrected chi connectivity index (χ4v) is 2.00. The average Bonchev–Trinajstić information content (AvgIpc) is 2.23. The third kappa shape index (κ3) is 3.93. The van der Waals surface area contributed by atoms with E-state index in [4.69, 9.17) is 11.6 Å². The summed E-state index contributed by atoms with van der Waals surface area (Å²) in [6, 6.07) is 6.20. The summed E-state index contributed by atoms with van der Waals surface area (Å²) in [5.41, 5.74) is 2.42. The van der Waals surface area contributed by atoms with Crippen molar-refractivity contribution >= 4 is 33.6 Å². The molecule has 1 rings (SSSR count). The van der Waals surface area contributed by atoms with Gasteiger partial charge < -0.3 is 5.32 Å². The molecular weight excluding hydrogens is 286 g/mol. The molecule has 0 saturated carbocycles. The van der Waals surface area contributed by atoms with E-state index in [0.29, 0.717) is 6.04 Å². The molecule has 0 fully saturated rings. The number of likely N-dealkylation sites (N-methyl/N-ethyl adjacent to an activating group) is 1. The lowest BCUT2D eigenvalue weighted by Crippen LogP contribution is -2.26. The van der Waals surface area contributed by atoms with Crippen molar-refractivity contribution in [3.63, 3.8) is 0 Å². The molecule has 0 aliphatic heterocycles. The Bertz CT molecular complexity index is 388. The maximum atomic E-state index is 5.98. The van der Waals surface area contributed by atoms with Gasteiger partial charge in [-0.2, -0.15) is 0 Å². The lowest BCUT2D eigenvalue weighted by molar-refractivity contribution is 0.636. The van der Waals surface area contributed by atoms with Gasteiger partial charge in [0.2, 0.25) is 0 Å².